The second kappa shape index (κ2) is 4.63. The Morgan fingerprint density at radius 3 is 2.42 bits per heavy atom. The number of hydrogen-bond donors (Lipinski definition) is 1. The molecule has 1 rings (SSSR count). The van der Waals surface area contributed by atoms with Crippen LogP contribution in [0.1, 0.15) is 12.5 Å². The van der Waals surface area contributed by atoms with Crippen molar-refractivity contribution in [3.63, 3.8) is 0 Å². The van der Waals surface area contributed by atoms with Gasteiger partial charge in [0.15, 0.2) is 0 Å². The quantitative estimate of drug-likeness (QED) is 0.789. The van der Waals surface area contributed by atoms with Gasteiger partial charge in [-0.05, 0) is 18.9 Å². The van der Waals surface area contributed by atoms with Crippen LogP contribution in [0.3, 0.4) is 0 Å². The normalized spacial score (nSPS) is 15.6. The molecule has 0 bridgehead atoms. The number of benzene rings is 1. The number of alkyl halides is 1. The van der Waals surface area contributed by atoms with Crippen LogP contribution in [0.5, 0.6) is 0 Å². The third-order valence-corrected chi connectivity index (χ3v) is 2.89. The molecule has 1 nitrogen and oxygen atoms in total. The third kappa shape index (κ3) is 2.95. The SMILES string of the molecule is CC(O)C(Br)Cc1ccccc1. The Hall–Kier alpha value is -0.340. The summed E-state index contributed by atoms with van der Waals surface area (Å²) in [6.45, 7) is 1.79. The molecule has 2 unspecified atom stereocenters. The number of aliphatic hydroxyl groups excluding tert-OH is 1. The van der Waals surface area contributed by atoms with Crippen LogP contribution in [0.4, 0.5) is 0 Å². The molecule has 2 heteroatoms. The standard InChI is InChI=1S/C10H13BrO/c1-8(12)10(11)7-9-5-3-2-4-6-9/h2-6,8,10,12H,7H2,1H3. The highest BCUT2D eigenvalue weighted by Crippen LogP contribution is 2.12. The average molecular weight is 229 g/mol. The number of rotatable bonds is 3. The van der Waals surface area contributed by atoms with E-state index in [4.69, 9.17) is 0 Å². The van der Waals surface area contributed by atoms with Crippen LogP contribution < -0.4 is 0 Å². The molecule has 0 heterocycles. The molecule has 0 aliphatic heterocycles. The highest BCUT2D eigenvalue weighted by Gasteiger charge is 2.10. The molecule has 0 aromatic heterocycles. The molecular formula is C10H13BrO. The summed E-state index contributed by atoms with van der Waals surface area (Å²) >= 11 is 3.43. The predicted octanol–water partition coefficient (Wildman–Crippen LogP) is 2.37. The molecule has 0 radical (unpaired) electrons. The molecule has 2 atom stereocenters. The summed E-state index contributed by atoms with van der Waals surface area (Å²) in [5, 5.41) is 9.24. The van der Waals surface area contributed by atoms with Crippen molar-refractivity contribution < 1.29 is 5.11 Å². The fourth-order valence-electron chi connectivity index (χ4n) is 1.01. The topological polar surface area (TPSA) is 20.2 Å². The minimum atomic E-state index is -0.301. The minimum Gasteiger partial charge on any atom is -0.392 e. The van der Waals surface area contributed by atoms with Gasteiger partial charge in [-0.1, -0.05) is 46.3 Å². The predicted molar refractivity (Wildman–Crippen MR) is 54.5 cm³/mol. The van der Waals surface area contributed by atoms with Crippen LogP contribution in [-0.4, -0.2) is 16.0 Å². The van der Waals surface area contributed by atoms with E-state index in [1.54, 1.807) is 6.92 Å². The van der Waals surface area contributed by atoms with Crippen molar-refractivity contribution in [1.82, 2.24) is 0 Å². The molecule has 0 aliphatic rings. The van der Waals surface area contributed by atoms with Gasteiger partial charge in [0.2, 0.25) is 0 Å². The maximum Gasteiger partial charge on any atom is 0.0640 e. The maximum atomic E-state index is 9.24. The monoisotopic (exact) mass is 228 g/mol. The van der Waals surface area contributed by atoms with E-state index in [0.717, 1.165) is 6.42 Å². The van der Waals surface area contributed by atoms with E-state index in [-0.39, 0.29) is 10.9 Å². The first-order valence-corrected chi connectivity index (χ1v) is 4.98. The molecular weight excluding hydrogens is 216 g/mol. The van der Waals surface area contributed by atoms with E-state index in [2.05, 4.69) is 28.1 Å². The molecule has 12 heavy (non-hydrogen) atoms. The van der Waals surface area contributed by atoms with E-state index in [1.165, 1.54) is 5.56 Å². The van der Waals surface area contributed by atoms with Crippen LogP contribution in [0.25, 0.3) is 0 Å². The van der Waals surface area contributed by atoms with Crippen LogP contribution in [-0.2, 0) is 6.42 Å². The van der Waals surface area contributed by atoms with Gasteiger partial charge in [-0.15, -0.1) is 0 Å². The Balaban J connectivity index is 2.53. The average Bonchev–Trinajstić information content (AvgIpc) is 2.06. The van der Waals surface area contributed by atoms with E-state index >= 15 is 0 Å². The molecule has 1 aromatic carbocycles. The molecule has 0 saturated carbocycles. The van der Waals surface area contributed by atoms with Crippen LogP contribution in [0, 0.1) is 0 Å². The lowest BCUT2D eigenvalue weighted by Gasteiger charge is -2.12. The van der Waals surface area contributed by atoms with E-state index in [1.807, 2.05) is 18.2 Å². The largest absolute Gasteiger partial charge is 0.392 e. The summed E-state index contributed by atoms with van der Waals surface area (Å²) in [5.41, 5.74) is 1.25. The molecule has 1 N–H and O–H groups in total. The highest BCUT2D eigenvalue weighted by atomic mass is 79.9. The Morgan fingerprint density at radius 1 is 1.33 bits per heavy atom. The van der Waals surface area contributed by atoms with Crippen molar-refractivity contribution in [3.8, 4) is 0 Å². The lowest BCUT2D eigenvalue weighted by atomic mass is 10.1. The van der Waals surface area contributed by atoms with Crippen LogP contribution in [0.2, 0.25) is 0 Å². The van der Waals surface area contributed by atoms with Gasteiger partial charge in [-0.25, -0.2) is 0 Å². The summed E-state index contributed by atoms with van der Waals surface area (Å²) in [6.07, 6.45) is 0.573. The second-order valence-electron chi connectivity index (χ2n) is 2.95. The first-order valence-electron chi connectivity index (χ1n) is 4.06. The Labute approximate surface area is 81.6 Å². The van der Waals surface area contributed by atoms with Crippen molar-refractivity contribution in [2.45, 2.75) is 24.3 Å². The van der Waals surface area contributed by atoms with Crippen molar-refractivity contribution in [1.29, 1.82) is 0 Å². The lowest BCUT2D eigenvalue weighted by Crippen LogP contribution is -2.18. The number of aliphatic hydroxyl groups is 1. The summed E-state index contributed by atoms with van der Waals surface area (Å²) in [7, 11) is 0. The van der Waals surface area contributed by atoms with Gasteiger partial charge in [0, 0.05) is 4.83 Å². The zero-order valence-corrected chi connectivity index (χ0v) is 8.66. The molecule has 0 aliphatic carbocycles. The highest BCUT2D eigenvalue weighted by molar-refractivity contribution is 9.09. The van der Waals surface area contributed by atoms with Gasteiger partial charge in [0.05, 0.1) is 6.10 Å². The van der Waals surface area contributed by atoms with Gasteiger partial charge in [-0.2, -0.15) is 0 Å². The molecule has 66 valence electrons. The van der Waals surface area contributed by atoms with Gasteiger partial charge in [-0.3, -0.25) is 0 Å². The van der Waals surface area contributed by atoms with Gasteiger partial charge >= 0.3 is 0 Å². The molecule has 0 fully saturated rings. The smallest absolute Gasteiger partial charge is 0.0640 e. The first-order chi connectivity index (χ1) is 5.70. The fourth-order valence-corrected chi connectivity index (χ4v) is 1.38. The van der Waals surface area contributed by atoms with E-state index in [0.29, 0.717) is 0 Å². The van der Waals surface area contributed by atoms with Gasteiger partial charge < -0.3 is 5.11 Å². The van der Waals surface area contributed by atoms with Crippen molar-refractivity contribution in [3.05, 3.63) is 35.9 Å². The summed E-state index contributed by atoms with van der Waals surface area (Å²) in [5.74, 6) is 0. The van der Waals surface area contributed by atoms with Crippen molar-refractivity contribution >= 4 is 15.9 Å². The van der Waals surface area contributed by atoms with E-state index < -0.39 is 0 Å². The molecule has 0 saturated heterocycles. The lowest BCUT2D eigenvalue weighted by molar-refractivity contribution is 0.193. The molecule has 0 amide bonds. The Morgan fingerprint density at radius 2 is 1.92 bits per heavy atom. The summed E-state index contributed by atoms with van der Waals surface area (Å²) in [4.78, 5) is 0.153. The van der Waals surface area contributed by atoms with Crippen molar-refractivity contribution in [2.75, 3.05) is 0 Å². The van der Waals surface area contributed by atoms with E-state index in [9.17, 15) is 5.11 Å². The Bertz CT molecular complexity index is 221. The summed E-state index contributed by atoms with van der Waals surface area (Å²) in [6, 6.07) is 10.1. The van der Waals surface area contributed by atoms with Gasteiger partial charge in [0.1, 0.15) is 0 Å². The minimum absolute atomic E-state index is 0.153. The van der Waals surface area contributed by atoms with Gasteiger partial charge in [0.25, 0.3) is 0 Å². The van der Waals surface area contributed by atoms with Crippen LogP contribution in [0.15, 0.2) is 30.3 Å². The molecule has 0 spiro atoms. The third-order valence-electron chi connectivity index (χ3n) is 1.80. The molecule has 1 aromatic rings. The summed E-state index contributed by atoms with van der Waals surface area (Å²) < 4.78 is 0. The van der Waals surface area contributed by atoms with Crippen LogP contribution >= 0.6 is 15.9 Å². The maximum absolute atomic E-state index is 9.24. The zero-order chi connectivity index (χ0) is 8.97. The fraction of sp³-hybridized carbons (Fsp3) is 0.400. The number of hydrogen-bond acceptors (Lipinski definition) is 1. The Kier molecular flexibility index (Phi) is 3.76. The number of halogens is 1. The zero-order valence-electron chi connectivity index (χ0n) is 7.07. The second-order valence-corrected chi connectivity index (χ2v) is 4.12. The first kappa shape index (κ1) is 9.75. The van der Waals surface area contributed by atoms with Crippen molar-refractivity contribution in [2.24, 2.45) is 0 Å².